The number of aliphatic imine (C=N–C) groups is 1. The van der Waals surface area contributed by atoms with Gasteiger partial charge >= 0.3 is 0 Å². The van der Waals surface area contributed by atoms with E-state index in [4.69, 9.17) is 0 Å². The molecule has 0 aliphatic heterocycles. The molecule has 0 radical (unpaired) electrons. The number of rotatable bonds is 1. The number of allylic oxidation sites excluding steroid dienone is 3. The fourth-order valence-electron chi connectivity index (χ4n) is 1.54. The minimum absolute atomic E-state index is 1.16. The van der Waals surface area contributed by atoms with Crippen LogP contribution in [0.3, 0.4) is 0 Å². The minimum atomic E-state index is 1.16. The van der Waals surface area contributed by atoms with E-state index < -0.39 is 0 Å². The highest BCUT2D eigenvalue weighted by Gasteiger charge is 2.10. The van der Waals surface area contributed by atoms with Crippen molar-refractivity contribution in [3.63, 3.8) is 0 Å². The summed E-state index contributed by atoms with van der Waals surface area (Å²) in [6, 6.07) is 0. The summed E-state index contributed by atoms with van der Waals surface area (Å²) < 4.78 is 0. The van der Waals surface area contributed by atoms with Gasteiger partial charge in [0.25, 0.3) is 0 Å². The van der Waals surface area contributed by atoms with E-state index in [1.54, 1.807) is 0 Å². The molecule has 1 heteroatoms. The average Bonchev–Trinajstić information content (AvgIpc) is 2.15. The first-order valence-corrected chi connectivity index (χ1v) is 4.72. The third kappa shape index (κ3) is 2.33. The zero-order valence-corrected chi connectivity index (χ0v) is 8.01. The maximum atomic E-state index is 4.42. The van der Waals surface area contributed by atoms with Crippen molar-refractivity contribution in [1.29, 1.82) is 0 Å². The lowest BCUT2D eigenvalue weighted by Gasteiger charge is -2.15. The van der Waals surface area contributed by atoms with Crippen LogP contribution in [-0.2, 0) is 0 Å². The van der Waals surface area contributed by atoms with Gasteiger partial charge in [-0.3, -0.25) is 4.99 Å². The summed E-state index contributed by atoms with van der Waals surface area (Å²) >= 11 is 0. The Kier molecular flexibility index (Phi) is 3.78. The summed E-state index contributed by atoms with van der Waals surface area (Å²) in [5.41, 5.74) is 2.74. The lowest BCUT2D eigenvalue weighted by molar-refractivity contribution is 0.732. The van der Waals surface area contributed by atoms with E-state index >= 15 is 0 Å². The minimum Gasteiger partial charge on any atom is -0.261 e. The van der Waals surface area contributed by atoms with Crippen LogP contribution in [0.4, 0.5) is 0 Å². The van der Waals surface area contributed by atoms with Crippen molar-refractivity contribution >= 4 is 5.71 Å². The molecule has 1 fully saturated rings. The SMILES string of the molecule is C\C=C/N=C1\CCCC\C1=C\C. The van der Waals surface area contributed by atoms with Gasteiger partial charge in [0.15, 0.2) is 0 Å². The van der Waals surface area contributed by atoms with E-state index in [2.05, 4.69) is 18.0 Å². The molecule has 0 aromatic rings. The second-order valence-electron chi connectivity index (χ2n) is 3.08. The quantitative estimate of drug-likeness (QED) is 0.561. The third-order valence-electron chi connectivity index (χ3n) is 2.21. The second kappa shape index (κ2) is 4.91. The molecule has 12 heavy (non-hydrogen) atoms. The van der Waals surface area contributed by atoms with Crippen LogP contribution in [0.5, 0.6) is 0 Å². The highest BCUT2D eigenvalue weighted by Crippen LogP contribution is 2.20. The molecule has 66 valence electrons. The highest BCUT2D eigenvalue weighted by molar-refractivity contribution is 6.01. The van der Waals surface area contributed by atoms with Gasteiger partial charge < -0.3 is 0 Å². The predicted octanol–water partition coefficient (Wildman–Crippen LogP) is 3.48. The molecule has 0 unspecified atom stereocenters. The van der Waals surface area contributed by atoms with Gasteiger partial charge in [0.05, 0.1) is 0 Å². The van der Waals surface area contributed by atoms with E-state index in [-0.39, 0.29) is 0 Å². The first-order chi connectivity index (χ1) is 5.88. The molecular weight excluding hydrogens is 146 g/mol. The molecular formula is C11H17N. The zero-order valence-electron chi connectivity index (χ0n) is 8.01. The molecule has 0 aromatic heterocycles. The molecule has 0 atom stereocenters. The fraction of sp³-hybridized carbons (Fsp3) is 0.545. The molecule has 0 heterocycles. The van der Waals surface area contributed by atoms with E-state index in [0.717, 1.165) is 6.42 Å². The van der Waals surface area contributed by atoms with Crippen molar-refractivity contribution in [2.45, 2.75) is 39.5 Å². The predicted molar refractivity (Wildman–Crippen MR) is 54.5 cm³/mol. The van der Waals surface area contributed by atoms with Crippen LogP contribution in [-0.4, -0.2) is 5.71 Å². The second-order valence-corrected chi connectivity index (χ2v) is 3.08. The molecule has 0 aromatic carbocycles. The van der Waals surface area contributed by atoms with Crippen LogP contribution < -0.4 is 0 Å². The van der Waals surface area contributed by atoms with Gasteiger partial charge in [0, 0.05) is 11.9 Å². The van der Waals surface area contributed by atoms with Crippen molar-refractivity contribution in [1.82, 2.24) is 0 Å². The smallest absolute Gasteiger partial charge is 0.0432 e. The molecule has 1 saturated carbocycles. The van der Waals surface area contributed by atoms with Gasteiger partial charge in [0.1, 0.15) is 0 Å². The van der Waals surface area contributed by atoms with E-state index in [1.165, 1.54) is 30.5 Å². The molecule has 0 amide bonds. The van der Waals surface area contributed by atoms with E-state index in [9.17, 15) is 0 Å². The van der Waals surface area contributed by atoms with Gasteiger partial charge in [-0.05, 0) is 45.1 Å². The van der Waals surface area contributed by atoms with Crippen LogP contribution in [0.2, 0.25) is 0 Å². The summed E-state index contributed by atoms with van der Waals surface area (Å²) in [6.07, 6.45) is 11.1. The van der Waals surface area contributed by atoms with Gasteiger partial charge in [-0.1, -0.05) is 12.2 Å². The Hall–Kier alpha value is -0.850. The van der Waals surface area contributed by atoms with Crippen LogP contribution in [0, 0.1) is 0 Å². The average molecular weight is 163 g/mol. The molecule has 1 aliphatic carbocycles. The maximum absolute atomic E-state index is 4.42. The van der Waals surface area contributed by atoms with Gasteiger partial charge in [-0.25, -0.2) is 0 Å². The standard InChI is InChI=1S/C11H17N/c1-3-9-12-11-8-6-5-7-10(11)4-2/h3-4,9H,5-8H2,1-2H3/b9-3-,10-4-,12-11+. The normalized spacial score (nSPS) is 25.8. The van der Waals surface area contributed by atoms with Gasteiger partial charge in [-0.2, -0.15) is 0 Å². The molecule has 0 bridgehead atoms. The Labute approximate surface area is 74.9 Å². The molecule has 0 saturated heterocycles. The van der Waals surface area contributed by atoms with Gasteiger partial charge in [-0.15, -0.1) is 0 Å². The Balaban J connectivity index is 2.71. The fourth-order valence-corrected chi connectivity index (χ4v) is 1.54. The van der Waals surface area contributed by atoms with Gasteiger partial charge in [0.2, 0.25) is 0 Å². The highest BCUT2D eigenvalue weighted by atomic mass is 14.7. The van der Waals surface area contributed by atoms with Crippen LogP contribution in [0.25, 0.3) is 0 Å². The molecule has 1 rings (SSSR count). The molecule has 0 spiro atoms. The molecule has 0 N–H and O–H groups in total. The van der Waals surface area contributed by atoms with Crippen molar-refractivity contribution in [2.24, 2.45) is 4.99 Å². The first kappa shape index (κ1) is 9.24. The lowest BCUT2D eigenvalue weighted by Crippen LogP contribution is -2.08. The van der Waals surface area contributed by atoms with Crippen molar-refractivity contribution < 1.29 is 0 Å². The monoisotopic (exact) mass is 163 g/mol. The Morgan fingerprint density at radius 2 is 1.92 bits per heavy atom. The van der Waals surface area contributed by atoms with Crippen molar-refractivity contribution in [2.75, 3.05) is 0 Å². The summed E-state index contributed by atoms with van der Waals surface area (Å²) in [5, 5.41) is 0. The van der Waals surface area contributed by atoms with E-state index in [0.29, 0.717) is 0 Å². The first-order valence-electron chi connectivity index (χ1n) is 4.72. The summed E-state index contributed by atoms with van der Waals surface area (Å²) in [7, 11) is 0. The Bertz CT molecular complexity index is 221. The van der Waals surface area contributed by atoms with Crippen LogP contribution in [0.1, 0.15) is 39.5 Å². The largest absolute Gasteiger partial charge is 0.261 e. The maximum Gasteiger partial charge on any atom is 0.0432 e. The summed E-state index contributed by atoms with van der Waals surface area (Å²) in [4.78, 5) is 4.42. The van der Waals surface area contributed by atoms with E-state index in [1.807, 2.05) is 19.2 Å². The van der Waals surface area contributed by atoms with Crippen molar-refractivity contribution in [3.8, 4) is 0 Å². The summed E-state index contributed by atoms with van der Waals surface area (Å²) in [6.45, 7) is 4.11. The zero-order chi connectivity index (χ0) is 8.81. The van der Waals surface area contributed by atoms with Crippen LogP contribution >= 0.6 is 0 Å². The lowest BCUT2D eigenvalue weighted by atomic mass is 9.93. The van der Waals surface area contributed by atoms with Crippen molar-refractivity contribution in [3.05, 3.63) is 23.9 Å². The summed E-state index contributed by atoms with van der Waals surface area (Å²) in [5.74, 6) is 0. The molecule has 1 aliphatic rings. The third-order valence-corrected chi connectivity index (χ3v) is 2.21. The Morgan fingerprint density at radius 3 is 2.58 bits per heavy atom. The Morgan fingerprint density at radius 1 is 1.17 bits per heavy atom. The number of hydrogen-bond donors (Lipinski definition) is 0. The number of hydrogen-bond acceptors (Lipinski definition) is 1. The topological polar surface area (TPSA) is 12.4 Å². The molecule has 1 nitrogen and oxygen atoms in total. The number of nitrogens with zero attached hydrogens (tertiary/aromatic N) is 1. The van der Waals surface area contributed by atoms with Crippen LogP contribution in [0.15, 0.2) is 28.9 Å².